The van der Waals surface area contributed by atoms with Gasteiger partial charge in [0.05, 0.1) is 0 Å². The number of carboxylic acids is 1. The van der Waals surface area contributed by atoms with Gasteiger partial charge in [-0.05, 0) is 31.4 Å². The highest BCUT2D eigenvalue weighted by molar-refractivity contribution is 7.99. The van der Waals surface area contributed by atoms with E-state index in [-0.39, 0.29) is 5.25 Å². The van der Waals surface area contributed by atoms with E-state index in [1.54, 1.807) is 11.8 Å². The minimum Gasteiger partial charge on any atom is -0.480 e. The van der Waals surface area contributed by atoms with Crippen molar-refractivity contribution in [1.29, 1.82) is 0 Å². The molecule has 3 N–H and O–H groups in total. The van der Waals surface area contributed by atoms with Crippen molar-refractivity contribution in [3.8, 4) is 0 Å². The number of rotatable bonds is 3. The molecule has 0 spiro atoms. The summed E-state index contributed by atoms with van der Waals surface area (Å²) in [6.07, 6.45) is 3.67. The Morgan fingerprint density at radius 1 is 1.53 bits per heavy atom. The molecule has 3 rings (SSSR count). The highest BCUT2D eigenvalue weighted by Crippen LogP contribution is 2.38. The summed E-state index contributed by atoms with van der Waals surface area (Å²) in [4.78, 5) is 11.1. The van der Waals surface area contributed by atoms with E-state index >= 15 is 0 Å². The summed E-state index contributed by atoms with van der Waals surface area (Å²) in [6, 6.07) is 5.71. The quantitative estimate of drug-likeness (QED) is 0.875. The standard InChI is InChI=1S/C12H14N4O2S/c13-12(10(17)18)5-4-8(7-12)19-11-15-14-9-3-1-2-6-16(9)11/h1-3,6,8H,4-5,7,13H2,(H,17,18). The van der Waals surface area contributed by atoms with Crippen molar-refractivity contribution in [2.45, 2.75) is 35.2 Å². The zero-order valence-electron chi connectivity index (χ0n) is 10.2. The fraction of sp³-hybridized carbons (Fsp3) is 0.417. The van der Waals surface area contributed by atoms with Crippen LogP contribution in [0.4, 0.5) is 0 Å². The summed E-state index contributed by atoms with van der Waals surface area (Å²) < 4.78 is 1.90. The van der Waals surface area contributed by atoms with Crippen LogP contribution in [0.2, 0.25) is 0 Å². The Morgan fingerprint density at radius 3 is 3.11 bits per heavy atom. The number of pyridine rings is 1. The Bertz CT molecular complexity index is 629. The van der Waals surface area contributed by atoms with E-state index in [1.165, 1.54) is 0 Å². The number of aromatic nitrogens is 3. The lowest BCUT2D eigenvalue weighted by molar-refractivity contribution is -0.143. The number of nitrogens with two attached hydrogens (primary N) is 1. The van der Waals surface area contributed by atoms with Gasteiger partial charge in [0.15, 0.2) is 10.8 Å². The molecule has 0 radical (unpaired) electrons. The molecular weight excluding hydrogens is 264 g/mol. The van der Waals surface area contributed by atoms with E-state index in [1.807, 2.05) is 28.8 Å². The number of fused-ring (bicyclic) bond motifs is 1. The first-order chi connectivity index (χ1) is 9.08. The van der Waals surface area contributed by atoms with Gasteiger partial charge in [-0.2, -0.15) is 0 Å². The number of thioether (sulfide) groups is 1. The Kier molecular flexibility index (Phi) is 2.94. The van der Waals surface area contributed by atoms with Crippen LogP contribution >= 0.6 is 11.8 Å². The van der Waals surface area contributed by atoms with Crippen LogP contribution in [0.5, 0.6) is 0 Å². The van der Waals surface area contributed by atoms with Crippen LogP contribution in [0, 0.1) is 0 Å². The third-order valence-electron chi connectivity index (χ3n) is 3.48. The molecule has 6 nitrogen and oxygen atoms in total. The van der Waals surface area contributed by atoms with Gasteiger partial charge in [-0.15, -0.1) is 10.2 Å². The number of aliphatic carboxylic acids is 1. The molecule has 1 saturated carbocycles. The van der Waals surface area contributed by atoms with Crippen molar-refractivity contribution in [1.82, 2.24) is 14.6 Å². The van der Waals surface area contributed by atoms with Crippen LogP contribution in [-0.4, -0.2) is 36.5 Å². The van der Waals surface area contributed by atoms with Gasteiger partial charge in [0, 0.05) is 11.4 Å². The van der Waals surface area contributed by atoms with Crippen LogP contribution in [-0.2, 0) is 4.79 Å². The highest BCUT2D eigenvalue weighted by atomic mass is 32.2. The number of carboxylic acid groups (broad SMARTS) is 1. The second kappa shape index (κ2) is 4.50. The molecule has 2 aromatic heterocycles. The molecule has 1 aliphatic rings. The number of nitrogens with zero attached hydrogens (tertiary/aromatic N) is 3. The topological polar surface area (TPSA) is 93.5 Å². The molecule has 7 heteroatoms. The minimum absolute atomic E-state index is 0.175. The van der Waals surface area contributed by atoms with Gasteiger partial charge in [-0.1, -0.05) is 17.8 Å². The molecule has 1 aliphatic carbocycles. The highest BCUT2D eigenvalue weighted by Gasteiger charge is 2.42. The number of hydrogen-bond donors (Lipinski definition) is 2. The van der Waals surface area contributed by atoms with Crippen molar-refractivity contribution in [3.05, 3.63) is 24.4 Å². The first-order valence-corrected chi connectivity index (χ1v) is 6.95. The second-order valence-electron chi connectivity index (χ2n) is 4.86. The summed E-state index contributed by atoms with van der Waals surface area (Å²) in [5.74, 6) is -0.915. The van der Waals surface area contributed by atoms with Gasteiger partial charge in [0.1, 0.15) is 5.54 Å². The van der Waals surface area contributed by atoms with Crippen LogP contribution in [0.15, 0.2) is 29.6 Å². The van der Waals surface area contributed by atoms with Gasteiger partial charge < -0.3 is 10.8 Å². The van der Waals surface area contributed by atoms with Crippen molar-refractivity contribution in [2.75, 3.05) is 0 Å². The molecule has 0 aliphatic heterocycles. The molecule has 0 amide bonds. The summed E-state index contributed by atoms with van der Waals surface area (Å²) >= 11 is 1.55. The van der Waals surface area contributed by atoms with Crippen LogP contribution < -0.4 is 5.73 Å². The molecule has 0 bridgehead atoms. The largest absolute Gasteiger partial charge is 0.480 e. The lowest BCUT2D eigenvalue weighted by atomic mass is 10.0. The Morgan fingerprint density at radius 2 is 2.37 bits per heavy atom. The van der Waals surface area contributed by atoms with E-state index in [0.717, 1.165) is 17.2 Å². The van der Waals surface area contributed by atoms with Crippen molar-refractivity contribution in [2.24, 2.45) is 5.73 Å². The molecule has 2 heterocycles. The van der Waals surface area contributed by atoms with E-state index in [2.05, 4.69) is 10.2 Å². The molecule has 2 aromatic rings. The predicted octanol–water partition coefficient (Wildman–Crippen LogP) is 1.16. The third kappa shape index (κ3) is 2.19. The lowest BCUT2D eigenvalue weighted by Crippen LogP contribution is -2.45. The second-order valence-corrected chi connectivity index (χ2v) is 6.12. The first-order valence-electron chi connectivity index (χ1n) is 6.07. The molecule has 2 unspecified atom stereocenters. The maximum Gasteiger partial charge on any atom is 0.323 e. The van der Waals surface area contributed by atoms with Gasteiger partial charge in [-0.3, -0.25) is 9.20 Å². The summed E-state index contributed by atoms with van der Waals surface area (Å²) in [5.41, 5.74) is 5.58. The van der Waals surface area contributed by atoms with Crippen LogP contribution in [0.1, 0.15) is 19.3 Å². The fourth-order valence-electron chi connectivity index (χ4n) is 2.37. The Balaban J connectivity index is 1.78. The lowest BCUT2D eigenvalue weighted by Gasteiger charge is -2.17. The average molecular weight is 278 g/mol. The Labute approximate surface area is 114 Å². The number of hydrogen-bond acceptors (Lipinski definition) is 5. The monoisotopic (exact) mass is 278 g/mol. The summed E-state index contributed by atoms with van der Waals surface area (Å²) in [6.45, 7) is 0. The maximum atomic E-state index is 11.1. The first kappa shape index (κ1) is 12.4. The number of carbonyl (C=O) groups is 1. The Hall–Kier alpha value is -1.60. The molecule has 2 atom stereocenters. The van der Waals surface area contributed by atoms with Crippen molar-refractivity contribution < 1.29 is 9.90 Å². The summed E-state index contributed by atoms with van der Waals surface area (Å²) in [5, 5.41) is 18.3. The van der Waals surface area contributed by atoms with Crippen LogP contribution in [0.25, 0.3) is 5.65 Å². The average Bonchev–Trinajstić information content (AvgIpc) is 2.96. The molecular formula is C12H14N4O2S. The van der Waals surface area contributed by atoms with Gasteiger partial charge in [0.2, 0.25) is 0 Å². The minimum atomic E-state index is -1.09. The van der Waals surface area contributed by atoms with E-state index in [9.17, 15) is 4.79 Å². The van der Waals surface area contributed by atoms with E-state index < -0.39 is 11.5 Å². The SMILES string of the molecule is NC1(C(=O)O)CCC(Sc2nnc3ccccn23)C1. The van der Waals surface area contributed by atoms with E-state index in [4.69, 9.17) is 10.8 Å². The molecule has 19 heavy (non-hydrogen) atoms. The zero-order valence-corrected chi connectivity index (χ0v) is 11.0. The molecule has 1 fully saturated rings. The third-order valence-corrected chi connectivity index (χ3v) is 4.71. The predicted molar refractivity (Wildman–Crippen MR) is 71.0 cm³/mol. The maximum absolute atomic E-state index is 11.1. The van der Waals surface area contributed by atoms with Crippen molar-refractivity contribution in [3.63, 3.8) is 0 Å². The van der Waals surface area contributed by atoms with Crippen LogP contribution in [0.3, 0.4) is 0 Å². The normalized spacial score (nSPS) is 26.9. The fourth-order valence-corrected chi connectivity index (χ4v) is 3.64. The summed E-state index contributed by atoms with van der Waals surface area (Å²) in [7, 11) is 0. The van der Waals surface area contributed by atoms with Gasteiger partial charge >= 0.3 is 5.97 Å². The van der Waals surface area contributed by atoms with Crippen molar-refractivity contribution >= 4 is 23.4 Å². The molecule has 0 saturated heterocycles. The van der Waals surface area contributed by atoms with Gasteiger partial charge in [-0.25, -0.2) is 0 Å². The zero-order chi connectivity index (χ0) is 13.5. The van der Waals surface area contributed by atoms with E-state index in [0.29, 0.717) is 12.8 Å². The van der Waals surface area contributed by atoms with Gasteiger partial charge in [0.25, 0.3) is 0 Å². The molecule has 0 aromatic carbocycles. The smallest absolute Gasteiger partial charge is 0.323 e. The molecule has 100 valence electrons.